The highest BCUT2D eigenvalue weighted by Gasteiger charge is 2.06. The van der Waals surface area contributed by atoms with E-state index in [1.807, 2.05) is 20.8 Å². The normalized spacial score (nSPS) is 10.6. The largest absolute Gasteiger partial charge is 0.397 e. The molecular weight excluding hydrogens is 184 g/mol. The Morgan fingerprint density at radius 1 is 1.54 bits per heavy atom. The average molecular weight is 200 g/mol. The Hall–Kier alpha value is -1.10. The van der Waals surface area contributed by atoms with Crippen molar-refractivity contribution in [3.8, 4) is 0 Å². The molecule has 0 aliphatic rings. The third kappa shape index (κ3) is 2.69. The smallest absolute Gasteiger partial charge is 0.157 e. The zero-order valence-corrected chi connectivity index (χ0v) is 9.02. The lowest BCUT2D eigenvalue weighted by atomic mass is 10.3. The van der Waals surface area contributed by atoms with Gasteiger partial charge in [0.05, 0.1) is 5.69 Å². The maximum absolute atomic E-state index is 5.65. The second-order valence-corrected chi connectivity index (χ2v) is 2.45. The zero-order chi connectivity index (χ0) is 10.4. The van der Waals surface area contributed by atoms with E-state index in [9.17, 15) is 0 Å². The second kappa shape index (κ2) is 5.53. The van der Waals surface area contributed by atoms with E-state index in [-0.39, 0.29) is 0 Å². The third-order valence-corrected chi connectivity index (χ3v) is 1.71. The maximum Gasteiger partial charge on any atom is 0.157 e. The van der Waals surface area contributed by atoms with E-state index < -0.39 is 0 Å². The standard InChI is InChI=1S/C6H10N4S.C2H6/c1-3-2-9-5(4(3)7)6(8)10-11;1-2/h2,9,11H,7H2,1H3,(H2,8,10);1-2H3. The van der Waals surface area contributed by atoms with Crippen LogP contribution >= 0.6 is 12.8 Å². The van der Waals surface area contributed by atoms with Gasteiger partial charge in [0.15, 0.2) is 5.84 Å². The van der Waals surface area contributed by atoms with Crippen LogP contribution in [0, 0.1) is 6.92 Å². The number of nitrogen functional groups attached to an aromatic ring is 1. The summed E-state index contributed by atoms with van der Waals surface area (Å²) >= 11 is 3.67. The number of aromatic amines is 1. The van der Waals surface area contributed by atoms with Crippen molar-refractivity contribution in [2.75, 3.05) is 5.73 Å². The van der Waals surface area contributed by atoms with Gasteiger partial charge < -0.3 is 16.5 Å². The molecule has 0 aliphatic carbocycles. The molecule has 0 amide bonds. The summed E-state index contributed by atoms with van der Waals surface area (Å²) in [7, 11) is 0. The minimum Gasteiger partial charge on any atom is -0.397 e. The van der Waals surface area contributed by atoms with Crippen molar-refractivity contribution in [2.24, 2.45) is 10.1 Å². The fourth-order valence-corrected chi connectivity index (χ4v) is 0.895. The first-order valence-corrected chi connectivity index (χ1v) is 4.48. The number of nitrogens with zero attached hydrogens (tertiary/aromatic N) is 1. The molecule has 0 bridgehead atoms. The molecule has 0 aromatic carbocycles. The molecule has 0 saturated carbocycles. The Bertz CT molecular complexity index is 290. The van der Waals surface area contributed by atoms with Crippen LogP contribution < -0.4 is 11.5 Å². The summed E-state index contributed by atoms with van der Waals surface area (Å²) in [5.41, 5.74) is 13.3. The van der Waals surface area contributed by atoms with Gasteiger partial charge in [0.2, 0.25) is 0 Å². The number of rotatable bonds is 1. The average Bonchev–Trinajstić information content (AvgIpc) is 2.50. The molecule has 1 aromatic rings. The Kier molecular flexibility index (Phi) is 5.06. The molecule has 4 nitrogen and oxygen atoms in total. The molecule has 13 heavy (non-hydrogen) atoms. The summed E-state index contributed by atoms with van der Waals surface area (Å²) in [6.45, 7) is 5.89. The van der Waals surface area contributed by atoms with Crippen LogP contribution in [-0.4, -0.2) is 10.8 Å². The van der Waals surface area contributed by atoms with Gasteiger partial charge in [0.25, 0.3) is 0 Å². The molecule has 1 heterocycles. The van der Waals surface area contributed by atoms with Crippen molar-refractivity contribution >= 4 is 24.3 Å². The lowest BCUT2D eigenvalue weighted by Crippen LogP contribution is -2.14. The van der Waals surface area contributed by atoms with Crippen molar-refractivity contribution in [3.63, 3.8) is 0 Å². The van der Waals surface area contributed by atoms with E-state index in [0.717, 1.165) is 5.56 Å². The number of H-pyrrole nitrogens is 1. The summed E-state index contributed by atoms with van der Waals surface area (Å²) in [4.78, 5) is 2.89. The molecule has 0 unspecified atom stereocenters. The molecular formula is C8H16N4S. The Morgan fingerprint density at radius 2 is 2.08 bits per heavy atom. The van der Waals surface area contributed by atoms with Gasteiger partial charge in [-0.25, -0.2) is 4.40 Å². The van der Waals surface area contributed by atoms with E-state index in [2.05, 4.69) is 22.2 Å². The predicted molar refractivity (Wildman–Crippen MR) is 61.0 cm³/mol. The van der Waals surface area contributed by atoms with Crippen LogP contribution in [0.4, 0.5) is 5.69 Å². The van der Waals surface area contributed by atoms with Crippen molar-refractivity contribution < 1.29 is 0 Å². The number of anilines is 1. The van der Waals surface area contributed by atoms with Gasteiger partial charge in [-0.15, -0.1) is 0 Å². The number of nitrogens with one attached hydrogen (secondary N) is 1. The fourth-order valence-electron chi connectivity index (χ4n) is 0.795. The second-order valence-electron chi connectivity index (χ2n) is 2.25. The van der Waals surface area contributed by atoms with Crippen LogP contribution in [0.1, 0.15) is 25.1 Å². The lowest BCUT2D eigenvalue weighted by molar-refractivity contribution is 1.34. The quantitative estimate of drug-likeness (QED) is 0.315. The first kappa shape index (κ1) is 11.9. The number of nitrogens with two attached hydrogens (primary N) is 2. The van der Waals surface area contributed by atoms with E-state index in [4.69, 9.17) is 11.5 Å². The summed E-state index contributed by atoms with van der Waals surface area (Å²) in [5.74, 6) is 0.305. The van der Waals surface area contributed by atoms with Crippen molar-refractivity contribution in [3.05, 3.63) is 17.5 Å². The summed E-state index contributed by atoms with van der Waals surface area (Å²) in [6.07, 6.45) is 1.77. The highest BCUT2D eigenvalue weighted by molar-refractivity contribution is 7.79. The van der Waals surface area contributed by atoms with Crippen LogP contribution in [0.2, 0.25) is 0 Å². The molecule has 5 heteroatoms. The molecule has 0 spiro atoms. The number of hydrogen-bond donors (Lipinski definition) is 4. The third-order valence-electron chi connectivity index (χ3n) is 1.49. The molecule has 0 saturated heterocycles. The van der Waals surface area contributed by atoms with Crippen molar-refractivity contribution in [1.82, 2.24) is 4.98 Å². The van der Waals surface area contributed by atoms with Gasteiger partial charge in [-0.1, -0.05) is 13.8 Å². The summed E-state index contributed by atoms with van der Waals surface area (Å²) < 4.78 is 3.51. The molecule has 5 N–H and O–H groups in total. The first-order chi connectivity index (χ1) is 6.16. The minimum absolute atomic E-state index is 0.305. The van der Waals surface area contributed by atoms with Gasteiger partial charge in [-0.2, -0.15) is 0 Å². The molecule has 74 valence electrons. The topological polar surface area (TPSA) is 80.2 Å². The lowest BCUT2D eigenvalue weighted by Gasteiger charge is -1.96. The van der Waals surface area contributed by atoms with Gasteiger partial charge in [-0.3, -0.25) is 0 Å². The summed E-state index contributed by atoms with van der Waals surface area (Å²) in [6, 6.07) is 0. The maximum atomic E-state index is 5.65. The molecule has 1 rings (SSSR count). The van der Waals surface area contributed by atoms with Gasteiger partial charge in [-0.05, 0) is 25.3 Å². The molecule has 0 aliphatic heterocycles. The van der Waals surface area contributed by atoms with Gasteiger partial charge in [0, 0.05) is 6.20 Å². The van der Waals surface area contributed by atoms with Crippen LogP contribution in [0.25, 0.3) is 0 Å². The number of thiol groups is 1. The monoisotopic (exact) mass is 200 g/mol. The van der Waals surface area contributed by atoms with Crippen molar-refractivity contribution in [2.45, 2.75) is 20.8 Å². The Labute approximate surface area is 84.0 Å². The van der Waals surface area contributed by atoms with E-state index in [1.54, 1.807) is 6.20 Å². The van der Waals surface area contributed by atoms with Crippen LogP contribution in [0.15, 0.2) is 10.6 Å². The zero-order valence-electron chi connectivity index (χ0n) is 8.13. The van der Waals surface area contributed by atoms with E-state index >= 15 is 0 Å². The number of hydrogen-bond acceptors (Lipinski definition) is 3. The van der Waals surface area contributed by atoms with Crippen molar-refractivity contribution in [1.29, 1.82) is 0 Å². The number of amidine groups is 1. The van der Waals surface area contributed by atoms with E-state index in [0.29, 0.717) is 17.2 Å². The van der Waals surface area contributed by atoms with Crippen LogP contribution in [0.5, 0.6) is 0 Å². The Balaban J connectivity index is 0.000000671. The highest BCUT2D eigenvalue weighted by atomic mass is 32.1. The SMILES string of the molecule is CC.Cc1c[nH]c(/C(N)=N\S)c1N. The molecule has 1 aromatic heterocycles. The molecule has 0 fully saturated rings. The van der Waals surface area contributed by atoms with Gasteiger partial charge >= 0.3 is 0 Å². The van der Waals surface area contributed by atoms with Crippen LogP contribution in [-0.2, 0) is 0 Å². The number of aryl methyl sites for hydroxylation is 1. The first-order valence-electron chi connectivity index (χ1n) is 4.08. The predicted octanol–water partition coefficient (Wildman–Crippen LogP) is 1.48. The molecule has 0 atom stereocenters. The fraction of sp³-hybridized carbons (Fsp3) is 0.375. The van der Waals surface area contributed by atoms with Gasteiger partial charge in [0.1, 0.15) is 5.69 Å². The van der Waals surface area contributed by atoms with Crippen LogP contribution in [0.3, 0.4) is 0 Å². The van der Waals surface area contributed by atoms with E-state index in [1.165, 1.54) is 0 Å². The Morgan fingerprint density at radius 3 is 2.38 bits per heavy atom. The number of aromatic nitrogens is 1. The highest BCUT2D eigenvalue weighted by Crippen LogP contribution is 2.14. The minimum atomic E-state index is 0.305. The molecule has 0 radical (unpaired) electrons. The summed E-state index contributed by atoms with van der Waals surface area (Å²) in [5, 5.41) is 0.